The molecule has 0 aliphatic heterocycles. The molecule has 0 radical (unpaired) electrons. The van der Waals surface area contributed by atoms with Gasteiger partial charge in [0.2, 0.25) is 0 Å². The van der Waals surface area contributed by atoms with Crippen molar-refractivity contribution in [3.63, 3.8) is 0 Å². The van der Waals surface area contributed by atoms with Gasteiger partial charge in [-0.3, -0.25) is 4.98 Å². The summed E-state index contributed by atoms with van der Waals surface area (Å²) in [5.74, 6) is 0. The third-order valence-corrected chi connectivity index (χ3v) is 5.28. The molecule has 0 unspecified atom stereocenters. The van der Waals surface area contributed by atoms with Gasteiger partial charge in [-0.15, -0.1) is 0 Å². The summed E-state index contributed by atoms with van der Waals surface area (Å²) in [5, 5.41) is 0. The molecule has 0 amide bonds. The highest BCUT2D eigenvalue weighted by molar-refractivity contribution is 5.52. The van der Waals surface area contributed by atoms with Crippen LogP contribution in [0.25, 0.3) is 0 Å². The lowest BCUT2D eigenvalue weighted by molar-refractivity contribution is 0.575. The lowest BCUT2D eigenvalue weighted by Gasteiger charge is -2.26. The van der Waals surface area contributed by atoms with Crippen molar-refractivity contribution < 1.29 is 0 Å². The number of pyridine rings is 1. The fourth-order valence-electron chi connectivity index (χ4n) is 4.33. The molecule has 0 bridgehead atoms. The largest absolute Gasteiger partial charge is 0.257 e. The Labute approximate surface area is 110 Å². The molecule has 1 saturated carbocycles. The Hall–Kier alpha value is -0.850. The summed E-state index contributed by atoms with van der Waals surface area (Å²) < 4.78 is 0. The highest BCUT2D eigenvalue weighted by Gasteiger charge is 2.51. The first-order valence-corrected chi connectivity index (χ1v) is 7.57. The number of aromatic nitrogens is 1. The van der Waals surface area contributed by atoms with E-state index in [1.54, 1.807) is 16.7 Å². The van der Waals surface area contributed by atoms with Gasteiger partial charge in [-0.1, -0.05) is 20.8 Å². The Morgan fingerprint density at radius 1 is 0.944 bits per heavy atom. The molecule has 1 fully saturated rings. The third-order valence-electron chi connectivity index (χ3n) is 5.28. The zero-order valence-electron chi connectivity index (χ0n) is 11.9. The van der Waals surface area contributed by atoms with E-state index in [1.807, 2.05) is 0 Å². The molecule has 1 heterocycles. The van der Waals surface area contributed by atoms with Crippen LogP contribution in [-0.2, 0) is 30.1 Å². The van der Waals surface area contributed by atoms with E-state index in [1.165, 1.54) is 56.3 Å². The molecule has 1 heteroatoms. The topological polar surface area (TPSA) is 12.9 Å². The van der Waals surface area contributed by atoms with Crippen LogP contribution >= 0.6 is 0 Å². The first kappa shape index (κ1) is 11.0. The molecule has 1 nitrogen and oxygen atoms in total. The second-order valence-electron chi connectivity index (χ2n) is 7.62. The lowest BCUT2D eigenvalue weighted by atomic mass is 9.80. The van der Waals surface area contributed by atoms with E-state index in [0.29, 0.717) is 10.8 Å². The third kappa shape index (κ3) is 1.31. The normalized spacial score (nSPS) is 23.3. The summed E-state index contributed by atoms with van der Waals surface area (Å²) in [5.41, 5.74) is 8.76. The van der Waals surface area contributed by atoms with Gasteiger partial charge in [0, 0.05) is 11.1 Å². The minimum absolute atomic E-state index is 0.294. The zero-order chi connectivity index (χ0) is 12.5. The molecule has 0 aromatic carbocycles. The molecule has 96 valence electrons. The Kier molecular flexibility index (Phi) is 1.95. The highest BCUT2D eigenvalue weighted by Crippen LogP contribution is 2.58. The average Bonchev–Trinajstić information content (AvgIpc) is 2.78. The molecular weight excluding hydrogens is 218 g/mol. The van der Waals surface area contributed by atoms with Gasteiger partial charge in [-0.25, -0.2) is 0 Å². The molecule has 1 spiro atoms. The fourth-order valence-corrected chi connectivity index (χ4v) is 4.33. The molecule has 3 aliphatic carbocycles. The van der Waals surface area contributed by atoms with Crippen LogP contribution < -0.4 is 0 Å². The number of aryl methyl sites for hydroxylation is 1. The number of rotatable bonds is 0. The maximum atomic E-state index is 5.12. The second kappa shape index (κ2) is 3.18. The van der Waals surface area contributed by atoms with Crippen molar-refractivity contribution in [2.24, 2.45) is 0 Å². The maximum absolute atomic E-state index is 5.12. The van der Waals surface area contributed by atoms with Crippen molar-refractivity contribution in [2.45, 2.75) is 76.5 Å². The van der Waals surface area contributed by atoms with Crippen molar-refractivity contribution in [1.82, 2.24) is 4.98 Å². The molecule has 0 N–H and O–H groups in total. The van der Waals surface area contributed by atoms with Crippen molar-refractivity contribution >= 4 is 0 Å². The zero-order valence-corrected chi connectivity index (χ0v) is 11.9. The molecule has 4 rings (SSSR count). The van der Waals surface area contributed by atoms with Crippen LogP contribution in [0.2, 0.25) is 0 Å². The van der Waals surface area contributed by atoms with E-state index in [2.05, 4.69) is 20.8 Å². The van der Waals surface area contributed by atoms with Gasteiger partial charge >= 0.3 is 0 Å². The van der Waals surface area contributed by atoms with Gasteiger partial charge in [0.1, 0.15) is 0 Å². The number of hydrogen-bond acceptors (Lipinski definition) is 1. The van der Waals surface area contributed by atoms with Gasteiger partial charge in [-0.2, -0.15) is 0 Å². The average molecular weight is 241 g/mol. The molecular formula is C17H23N. The van der Waals surface area contributed by atoms with Crippen LogP contribution in [0.5, 0.6) is 0 Å². The molecule has 3 aliphatic rings. The summed E-state index contributed by atoms with van der Waals surface area (Å²) in [6.45, 7) is 7.16. The Morgan fingerprint density at radius 2 is 1.72 bits per heavy atom. The van der Waals surface area contributed by atoms with E-state index in [-0.39, 0.29) is 0 Å². The minimum atomic E-state index is 0.294. The Bertz CT molecular complexity index is 530. The Balaban J connectivity index is 2.01. The van der Waals surface area contributed by atoms with Crippen LogP contribution in [0.15, 0.2) is 0 Å². The van der Waals surface area contributed by atoms with Crippen LogP contribution in [0.3, 0.4) is 0 Å². The fraction of sp³-hybridized carbons (Fsp3) is 0.706. The first-order chi connectivity index (χ1) is 8.51. The van der Waals surface area contributed by atoms with E-state index in [4.69, 9.17) is 4.98 Å². The lowest BCUT2D eigenvalue weighted by Crippen LogP contribution is -2.19. The summed E-state index contributed by atoms with van der Waals surface area (Å²) in [6.07, 6.45) is 9.28. The van der Waals surface area contributed by atoms with Crippen molar-refractivity contribution in [3.8, 4) is 0 Å². The maximum Gasteiger partial charge on any atom is 0.0503 e. The second-order valence-corrected chi connectivity index (χ2v) is 7.62. The summed E-state index contributed by atoms with van der Waals surface area (Å²) in [4.78, 5) is 5.12. The highest BCUT2D eigenvalue weighted by atomic mass is 14.8. The molecule has 18 heavy (non-hydrogen) atoms. The molecule has 0 atom stereocenters. The smallest absolute Gasteiger partial charge is 0.0503 e. The van der Waals surface area contributed by atoms with E-state index < -0.39 is 0 Å². The van der Waals surface area contributed by atoms with Gasteiger partial charge in [0.05, 0.1) is 5.69 Å². The van der Waals surface area contributed by atoms with Crippen molar-refractivity contribution in [2.75, 3.05) is 0 Å². The van der Waals surface area contributed by atoms with Gasteiger partial charge in [0.15, 0.2) is 0 Å². The van der Waals surface area contributed by atoms with Crippen LogP contribution in [0.1, 0.15) is 74.5 Å². The van der Waals surface area contributed by atoms with Gasteiger partial charge < -0.3 is 0 Å². The molecule has 1 aromatic heterocycles. The summed E-state index contributed by atoms with van der Waals surface area (Å²) in [7, 11) is 0. The molecule has 0 saturated heterocycles. The Morgan fingerprint density at radius 3 is 2.39 bits per heavy atom. The van der Waals surface area contributed by atoms with Gasteiger partial charge in [0.25, 0.3) is 0 Å². The van der Waals surface area contributed by atoms with Crippen LogP contribution in [0.4, 0.5) is 0 Å². The standard InChI is InChI=1S/C17H23N/c1-16(2,3)14-11-5-4-6-13(11)18-15-12(14)7-8-17(15)9-10-17/h4-10H2,1-3H3. The minimum Gasteiger partial charge on any atom is -0.257 e. The monoisotopic (exact) mass is 241 g/mol. The SMILES string of the molecule is CC(C)(C)c1c2c(nc3c1CCC31CC1)CCC2. The van der Waals surface area contributed by atoms with E-state index >= 15 is 0 Å². The predicted octanol–water partition coefficient (Wildman–Crippen LogP) is 3.85. The predicted molar refractivity (Wildman–Crippen MR) is 74.2 cm³/mol. The number of nitrogens with zero attached hydrogens (tertiary/aromatic N) is 1. The van der Waals surface area contributed by atoms with Crippen LogP contribution in [0, 0.1) is 0 Å². The number of fused-ring (bicyclic) bond motifs is 3. The van der Waals surface area contributed by atoms with Gasteiger partial charge in [-0.05, 0) is 67.1 Å². The van der Waals surface area contributed by atoms with Crippen LogP contribution in [-0.4, -0.2) is 4.98 Å². The molecule has 1 aromatic rings. The van der Waals surface area contributed by atoms with Crippen molar-refractivity contribution in [1.29, 1.82) is 0 Å². The number of hydrogen-bond donors (Lipinski definition) is 0. The van der Waals surface area contributed by atoms with E-state index in [0.717, 1.165) is 0 Å². The summed E-state index contributed by atoms with van der Waals surface area (Å²) in [6, 6.07) is 0. The first-order valence-electron chi connectivity index (χ1n) is 7.57. The van der Waals surface area contributed by atoms with Crippen molar-refractivity contribution in [3.05, 3.63) is 28.1 Å². The quantitative estimate of drug-likeness (QED) is 0.672. The van der Waals surface area contributed by atoms with E-state index in [9.17, 15) is 0 Å². The summed E-state index contributed by atoms with van der Waals surface area (Å²) >= 11 is 0.